The van der Waals surface area contributed by atoms with Gasteiger partial charge in [-0.05, 0) is 62.6 Å². The van der Waals surface area contributed by atoms with Crippen LogP contribution in [0.15, 0.2) is 73.8 Å². The van der Waals surface area contributed by atoms with E-state index >= 15 is 4.79 Å². The van der Waals surface area contributed by atoms with E-state index in [1.54, 1.807) is 26.9 Å². The first-order valence-electron chi connectivity index (χ1n) is 16.7. The van der Waals surface area contributed by atoms with Crippen molar-refractivity contribution >= 4 is 23.4 Å². The van der Waals surface area contributed by atoms with E-state index < -0.39 is 35.1 Å². The number of likely N-dealkylation sites (tertiary alicyclic amines) is 1. The van der Waals surface area contributed by atoms with Crippen molar-refractivity contribution in [3.05, 3.63) is 90.5 Å². The number of para-hydroxylation sites is 1. The SMILES string of the molecule is C=CCN(CCC)C(=O)[C@H]1[C@H]2C(=O)N([C@@H](CO)Cc3ccccc3)C(C(=O)N(CC=C)c3c(C)cccc3C)C23CC[C@]1(CC)O3. The molecule has 2 aromatic carbocycles. The number of amides is 3. The Morgan fingerprint density at radius 1 is 1.02 bits per heavy atom. The highest BCUT2D eigenvalue weighted by molar-refractivity contribution is 6.06. The molecule has 1 spiro atoms. The summed E-state index contributed by atoms with van der Waals surface area (Å²) in [5, 5.41) is 10.9. The minimum absolute atomic E-state index is 0.127. The van der Waals surface area contributed by atoms with E-state index in [9.17, 15) is 14.7 Å². The van der Waals surface area contributed by atoms with Crippen LogP contribution in [-0.2, 0) is 25.5 Å². The van der Waals surface area contributed by atoms with E-state index in [4.69, 9.17) is 4.74 Å². The normalized spacial score (nSPS) is 26.9. The molecule has 0 saturated carbocycles. The lowest BCUT2D eigenvalue weighted by Crippen LogP contribution is -2.59. The van der Waals surface area contributed by atoms with Gasteiger partial charge in [0.1, 0.15) is 11.6 Å². The summed E-state index contributed by atoms with van der Waals surface area (Å²) < 4.78 is 7.07. The first-order valence-corrected chi connectivity index (χ1v) is 16.7. The van der Waals surface area contributed by atoms with Crippen molar-refractivity contribution in [1.82, 2.24) is 9.80 Å². The fourth-order valence-corrected chi connectivity index (χ4v) is 8.55. The number of aliphatic hydroxyl groups excluding tert-OH is 1. The molecule has 8 heteroatoms. The van der Waals surface area contributed by atoms with Gasteiger partial charge in [0.25, 0.3) is 5.91 Å². The molecule has 46 heavy (non-hydrogen) atoms. The summed E-state index contributed by atoms with van der Waals surface area (Å²) in [5.74, 6) is -2.29. The summed E-state index contributed by atoms with van der Waals surface area (Å²) in [6.07, 6.45) is 6.12. The van der Waals surface area contributed by atoms with Gasteiger partial charge >= 0.3 is 0 Å². The molecule has 3 heterocycles. The second-order valence-corrected chi connectivity index (χ2v) is 13.2. The number of aliphatic hydroxyl groups is 1. The second kappa shape index (κ2) is 13.5. The van der Waals surface area contributed by atoms with Gasteiger partial charge in [0, 0.05) is 25.3 Å². The van der Waals surface area contributed by atoms with Gasteiger partial charge in [0.15, 0.2) is 0 Å². The molecule has 3 fully saturated rings. The highest BCUT2D eigenvalue weighted by atomic mass is 16.5. The number of aryl methyl sites for hydroxylation is 2. The van der Waals surface area contributed by atoms with Gasteiger partial charge in [0.05, 0.1) is 30.1 Å². The molecule has 2 unspecified atom stereocenters. The molecule has 3 aliphatic heterocycles. The molecule has 2 bridgehead atoms. The van der Waals surface area contributed by atoms with E-state index in [1.165, 1.54) is 0 Å². The van der Waals surface area contributed by atoms with Crippen LogP contribution >= 0.6 is 0 Å². The zero-order valence-electron chi connectivity index (χ0n) is 27.8. The van der Waals surface area contributed by atoms with E-state index in [1.807, 2.05) is 76.2 Å². The van der Waals surface area contributed by atoms with Crippen LogP contribution in [0.1, 0.15) is 56.2 Å². The Morgan fingerprint density at radius 2 is 1.70 bits per heavy atom. The lowest BCUT2D eigenvalue weighted by molar-refractivity contribution is -0.153. The van der Waals surface area contributed by atoms with Gasteiger partial charge in [-0.15, -0.1) is 13.2 Å². The minimum Gasteiger partial charge on any atom is -0.394 e. The summed E-state index contributed by atoms with van der Waals surface area (Å²) in [4.78, 5) is 49.8. The number of carbonyl (C=O) groups excluding carboxylic acids is 3. The van der Waals surface area contributed by atoms with Crippen LogP contribution in [0.3, 0.4) is 0 Å². The quantitative estimate of drug-likeness (QED) is 0.298. The summed E-state index contributed by atoms with van der Waals surface area (Å²) in [6, 6.07) is 13.8. The molecule has 3 amide bonds. The number of carbonyl (C=O) groups is 3. The van der Waals surface area contributed by atoms with Crippen molar-refractivity contribution in [1.29, 1.82) is 0 Å². The smallest absolute Gasteiger partial charge is 0.253 e. The summed E-state index contributed by atoms with van der Waals surface area (Å²) >= 11 is 0. The van der Waals surface area contributed by atoms with Crippen LogP contribution in [0, 0.1) is 25.7 Å². The average molecular weight is 628 g/mol. The molecule has 0 radical (unpaired) electrons. The average Bonchev–Trinajstić information content (AvgIpc) is 3.66. The van der Waals surface area contributed by atoms with E-state index in [-0.39, 0.29) is 30.9 Å². The molecule has 2 aromatic rings. The van der Waals surface area contributed by atoms with Crippen molar-refractivity contribution in [3.63, 3.8) is 0 Å². The Bertz CT molecular complexity index is 1460. The maximum Gasteiger partial charge on any atom is 0.253 e. The van der Waals surface area contributed by atoms with Crippen LogP contribution in [-0.4, -0.2) is 82.2 Å². The number of nitrogens with zero attached hydrogens (tertiary/aromatic N) is 3. The highest BCUT2D eigenvalue weighted by Gasteiger charge is 2.79. The molecule has 0 aromatic heterocycles. The first kappa shape index (κ1) is 33.6. The zero-order chi connectivity index (χ0) is 33.2. The van der Waals surface area contributed by atoms with Crippen LogP contribution in [0.25, 0.3) is 0 Å². The van der Waals surface area contributed by atoms with Gasteiger partial charge < -0.3 is 24.5 Å². The Kier molecular flexibility index (Phi) is 9.89. The van der Waals surface area contributed by atoms with Crippen LogP contribution in [0.5, 0.6) is 0 Å². The monoisotopic (exact) mass is 627 g/mol. The molecule has 1 N–H and O–H groups in total. The molecular weight excluding hydrogens is 578 g/mol. The molecular formula is C38H49N3O5. The summed E-state index contributed by atoms with van der Waals surface area (Å²) in [5.41, 5.74) is 1.50. The Balaban J connectivity index is 1.68. The van der Waals surface area contributed by atoms with Gasteiger partial charge in [0.2, 0.25) is 11.8 Å². The Morgan fingerprint density at radius 3 is 2.28 bits per heavy atom. The third-order valence-electron chi connectivity index (χ3n) is 10.5. The third-order valence-corrected chi connectivity index (χ3v) is 10.5. The lowest BCUT2D eigenvalue weighted by atomic mass is 9.64. The molecule has 6 atom stereocenters. The predicted molar refractivity (Wildman–Crippen MR) is 180 cm³/mol. The molecule has 5 rings (SSSR count). The predicted octanol–water partition coefficient (Wildman–Crippen LogP) is 5.01. The number of hydrogen-bond acceptors (Lipinski definition) is 5. The molecule has 3 saturated heterocycles. The first-order chi connectivity index (χ1) is 22.1. The molecule has 0 aliphatic carbocycles. The Hall–Kier alpha value is -3.75. The molecule has 3 aliphatic rings. The zero-order valence-corrected chi connectivity index (χ0v) is 27.8. The van der Waals surface area contributed by atoms with Crippen LogP contribution in [0.4, 0.5) is 5.69 Å². The number of benzene rings is 2. The third kappa shape index (κ3) is 5.39. The number of rotatable bonds is 14. The standard InChI is InChI=1S/C38H49N3O5/c1-7-21-39(22-8-2)34(43)30-31-35(44)41(29(25-42)24-28-17-12-11-13-18-28)33(38(31)20-19-37(30,10-4)46-38)36(45)40(23-9-3)32-26(5)15-14-16-27(32)6/h7,9,11-18,29-31,33,42H,1,3,8,10,19-25H2,2,4-6H3/t29-,30-,31+,33?,37+,38?/m1/s1. The van der Waals surface area contributed by atoms with Gasteiger partial charge in [-0.1, -0.05) is 74.5 Å². The van der Waals surface area contributed by atoms with Gasteiger partial charge in [-0.2, -0.15) is 0 Å². The summed E-state index contributed by atoms with van der Waals surface area (Å²) in [6.45, 7) is 16.6. The van der Waals surface area contributed by atoms with Crippen molar-refractivity contribution < 1.29 is 24.2 Å². The largest absolute Gasteiger partial charge is 0.394 e. The van der Waals surface area contributed by atoms with Crippen molar-refractivity contribution in [2.75, 3.05) is 31.1 Å². The number of ether oxygens (including phenoxy) is 1. The van der Waals surface area contributed by atoms with E-state index in [0.717, 1.165) is 28.8 Å². The lowest BCUT2D eigenvalue weighted by Gasteiger charge is -2.40. The molecule has 246 valence electrons. The van der Waals surface area contributed by atoms with E-state index in [2.05, 4.69) is 13.2 Å². The van der Waals surface area contributed by atoms with Gasteiger partial charge in [-0.25, -0.2) is 0 Å². The van der Waals surface area contributed by atoms with Crippen molar-refractivity contribution in [2.24, 2.45) is 11.8 Å². The second-order valence-electron chi connectivity index (χ2n) is 13.2. The number of fused-ring (bicyclic) bond motifs is 1. The fourth-order valence-electron chi connectivity index (χ4n) is 8.55. The fraction of sp³-hybridized carbons (Fsp3) is 0.500. The van der Waals surface area contributed by atoms with Crippen molar-refractivity contribution in [2.45, 2.75) is 83.1 Å². The van der Waals surface area contributed by atoms with Crippen LogP contribution in [0.2, 0.25) is 0 Å². The molecule has 8 nitrogen and oxygen atoms in total. The highest BCUT2D eigenvalue weighted by Crippen LogP contribution is 2.65. The maximum atomic E-state index is 15.2. The Labute approximate surface area is 273 Å². The summed E-state index contributed by atoms with van der Waals surface area (Å²) in [7, 11) is 0. The topological polar surface area (TPSA) is 90.4 Å². The number of hydrogen-bond donors (Lipinski definition) is 1. The number of anilines is 1. The van der Waals surface area contributed by atoms with Crippen molar-refractivity contribution in [3.8, 4) is 0 Å². The van der Waals surface area contributed by atoms with E-state index in [0.29, 0.717) is 38.8 Å². The van der Waals surface area contributed by atoms with Crippen LogP contribution < -0.4 is 4.90 Å². The maximum absolute atomic E-state index is 15.2. The minimum atomic E-state index is -1.21. The van der Waals surface area contributed by atoms with Gasteiger partial charge in [-0.3, -0.25) is 14.4 Å².